The van der Waals surface area contributed by atoms with Gasteiger partial charge in [-0.25, -0.2) is 9.59 Å². The highest BCUT2D eigenvalue weighted by atomic mass is 16.6. The molecule has 1 aromatic carbocycles. The Morgan fingerprint density at radius 1 is 1.14 bits per heavy atom. The molecule has 21 heavy (non-hydrogen) atoms. The van der Waals surface area contributed by atoms with E-state index in [0.717, 1.165) is 5.56 Å². The first-order valence-electron chi connectivity index (χ1n) is 6.14. The number of ether oxygens (including phenoxy) is 4. The molecule has 0 bridgehead atoms. The Balaban J connectivity index is 2.87. The van der Waals surface area contributed by atoms with E-state index in [1.54, 1.807) is 18.2 Å². The quantitative estimate of drug-likeness (QED) is 0.712. The van der Waals surface area contributed by atoms with Crippen LogP contribution in [0, 0.1) is 0 Å². The van der Waals surface area contributed by atoms with E-state index in [9.17, 15) is 9.59 Å². The molecule has 0 spiro atoms. The van der Waals surface area contributed by atoms with Crippen molar-refractivity contribution in [2.24, 2.45) is 0 Å². The minimum atomic E-state index is -1.16. The van der Waals surface area contributed by atoms with E-state index in [1.807, 2.05) is 0 Å². The second-order valence-electron chi connectivity index (χ2n) is 4.11. The molecular formula is C14H18O7. The lowest BCUT2D eigenvalue weighted by molar-refractivity contribution is -0.158. The van der Waals surface area contributed by atoms with E-state index >= 15 is 0 Å². The first-order chi connectivity index (χ1) is 10.0. The third-order valence-electron chi connectivity index (χ3n) is 2.74. The van der Waals surface area contributed by atoms with Crippen molar-refractivity contribution in [1.29, 1.82) is 0 Å². The Kier molecular flexibility index (Phi) is 6.48. The highest BCUT2D eigenvalue weighted by molar-refractivity contribution is 5.76. The number of carboxylic acids is 1. The van der Waals surface area contributed by atoms with Gasteiger partial charge in [0.1, 0.15) is 6.61 Å². The number of esters is 1. The number of methoxy groups -OCH3 is 3. The van der Waals surface area contributed by atoms with Gasteiger partial charge >= 0.3 is 11.9 Å². The van der Waals surface area contributed by atoms with E-state index < -0.39 is 24.6 Å². The molecule has 0 aliphatic rings. The summed E-state index contributed by atoms with van der Waals surface area (Å²) in [6.45, 7) is -0.576. The average Bonchev–Trinajstić information content (AvgIpc) is 2.50. The summed E-state index contributed by atoms with van der Waals surface area (Å²) in [5, 5.41) is 8.62. The van der Waals surface area contributed by atoms with Crippen LogP contribution in [0.3, 0.4) is 0 Å². The molecule has 1 N–H and O–H groups in total. The van der Waals surface area contributed by atoms with Crippen molar-refractivity contribution in [3.8, 4) is 11.5 Å². The Morgan fingerprint density at radius 2 is 1.81 bits per heavy atom. The molecule has 1 aromatic rings. The molecule has 7 heteroatoms. The monoisotopic (exact) mass is 298 g/mol. The van der Waals surface area contributed by atoms with Crippen LogP contribution in [-0.4, -0.2) is 51.1 Å². The lowest BCUT2D eigenvalue weighted by Gasteiger charge is -2.15. The molecule has 7 nitrogen and oxygen atoms in total. The van der Waals surface area contributed by atoms with Crippen molar-refractivity contribution < 1.29 is 33.6 Å². The van der Waals surface area contributed by atoms with Crippen LogP contribution in [0.2, 0.25) is 0 Å². The van der Waals surface area contributed by atoms with E-state index in [4.69, 9.17) is 19.3 Å². The lowest BCUT2D eigenvalue weighted by Crippen LogP contribution is -2.30. The maximum atomic E-state index is 11.6. The summed E-state index contributed by atoms with van der Waals surface area (Å²) in [6, 6.07) is 5.13. The number of hydrogen-bond donors (Lipinski definition) is 1. The van der Waals surface area contributed by atoms with Crippen molar-refractivity contribution in [1.82, 2.24) is 0 Å². The van der Waals surface area contributed by atoms with Crippen molar-refractivity contribution in [3.05, 3.63) is 23.8 Å². The van der Waals surface area contributed by atoms with Gasteiger partial charge in [0.2, 0.25) is 0 Å². The molecular weight excluding hydrogens is 280 g/mol. The molecule has 1 rings (SSSR count). The van der Waals surface area contributed by atoms with E-state index in [2.05, 4.69) is 4.74 Å². The Labute approximate surface area is 122 Å². The summed E-state index contributed by atoms with van der Waals surface area (Å²) in [7, 11) is 4.24. The Hall–Kier alpha value is -2.28. The molecule has 0 aromatic heterocycles. The zero-order valence-corrected chi connectivity index (χ0v) is 12.1. The molecule has 0 radical (unpaired) electrons. The highest BCUT2D eigenvalue weighted by Crippen LogP contribution is 2.28. The summed E-state index contributed by atoms with van der Waals surface area (Å²) < 4.78 is 19.9. The second kappa shape index (κ2) is 8.11. The fourth-order valence-corrected chi connectivity index (χ4v) is 1.74. The molecule has 0 amide bonds. The number of carboxylic acid groups (broad SMARTS) is 1. The molecule has 0 saturated heterocycles. The number of aliphatic carboxylic acids is 1. The van der Waals surface area contributed by atoms with Gasteiger partial charge in [-0.15, -0.1) is 0 Å². The fraction of sp³-hybridized carbons (Fsp3) is 0.429. The molecule has 0 saturated carbocycles. The Morgan fingerprint density at radius 3 is 2.33 bits per heavy atom. The number of hydrogen-bond acceptors (Lipinski definition) is 6. The van der Waals surface area contributed by atoms with Crippen LogP contribution >= 0.6 is 0 Å². The summed E-state index contributed by atoms with van der Waals surface area (Å²) in [6.07, 6.45) is -0.829. The summed E-state index contributed by atoms with van der Waals surface area (Å²) >= 11 is 0. The molecule has 1 atom stereocenters. The molecule has 116 valence electrons. The van der Waals surface area contributed by atoms with Crippen molar-refractivity contribution >= 4 is 11.9 Å². The van der Waals surface area contributed by atoms with Crippen LogP contribution in [0.5, 0.6) is 11.5 Å². The first kappa shape index (κ1) is 16.8. The normalized spacial score (nSPS) is 11.6. The Bertz CT molecular complexity index is 498. The van der Waals surface area contributed by atoms with Crippen LogP contribution < -0.4 is 9.47 Å². The van der Waals surface area contributed by atoms with Crippen LogP contribution in [0.1, 0.15) is 5.56 Å². The van der Waals surface area contributed by atoms with Gasteiger partial charge in [0.05, 0.1) is 21.3 Å². The van der Waals surface area contributed by atoms with Gasteiger partial charge in [-0.3, -0.25) is 0 Å². The number of benzene rings is 1. The zero-order chi connectivity index (χ0) is 15.8. The maximum absolute atomic E-state index is 11.6. The number of rotatable bonds is 8. The minimum Gasteiger partial charge on any atom is -0.493 e. The van der Waals surface area contributed by atoms with E-state index in [-0.39, 0.29) is 6.42 Å². The van der Waals surface area contributed by atoms with Gasteiger partial charge in [-0.1, -0.05) is 6.07 Å². The second-order valence-corrected chi connectivity index (χ2v) is 4.11. The van der Waals surface area contributed by atoms with Crippen LogP contribution in [0.15, 0.2) is 18.2 Å². The topological polar surface area (TPSA) is 91.3 Å². The third-order valence-corrected chi connectivity index (χ3v) is 2.74. The van der Waals surface area contributed by atoms with Crippen molar-refractivity contribution in [2.45, 2.75) is 12.5 Å². The number of carbonyl (C=O) groups is 2. The zero-order valence-electron chi connectivity index (χ0n) is 12.1. The summed E-state index contributed by atoms with van der Waals surface area (Å²) in [5.74, 6) is -0.721. The largest absolute Gasteiger partial charge is 0.493 e. The van der Waals surface area contributed by atoms with Gasteiger partial charge in [0.25, 0.3) is 0 Å². The standard InChI is InChI=1S/C14H18O7/c1-18-10-5-4-9(6-11(10)19-2)7-12(14(17)20-3)21-8-13(15)16/h4-6,12H,7-8H2,1-3H3,(H,15,16). The average molecular weight is 298 g/mol. The molecule has 0 aliphatic heterocycles. The maximum Gasteiger partial charge on any atom is 0.335 e. The first-order valence-corrected chi connectivity index (χ1v) is 6.14. The third kappa shape index (κ3) is 4.96. The van der Waals surface area contributed by atoms with Crippen LogP contribution in [0.25, 0.3) is 0 Å². The van der Waals surface area contributed by atoms with Crippen molar-refractivity contribution in [2.75, 3.05) is 27.9 Å². The van der Waals surface area contributed by atoms with Crippen LogP contribution in [-0.2, 0) is 25.5 Å². The van der Waals surface area contributed by atoms with E-state index in [0.29, 0.717) is 11.5 Å². The summed E-state index contributed by atoms with van der Waals surface area (Å²) in [4.78, 5) is 22.1. The van der Waals surface area contributed by atoms with Crippen LogP contribution in [0.4, 0.5) is 0 Å². The van der Waals surface area contributed by atoms with Gasteiger partial charge in [0.15, 0.2) is 17.6 Å². The van der Waals surface area contributed by atoms with Gasteiger partial charge in [0, 0.05) is 6.42 Å². The highest BCUT2D eigenvalue weighted by Gasteiger charge is 2.22. The SMILES string of the molecule is COC(=O)C(Cc1ccc(OC)c(OC)c1)OCC(=O)O. The number of carbonyl (C=O) groups excluding carboxylic acids is 1. The van der Waals surface area contributed by atoms with Gasteiger partial charge in [-0.2, -0.15) is 0 Å². The molecule has 0 aliphatic carbocycles. The van der Waals surface area contributed by atoms with Gasteiger partial charge in [-0.05, 0) is 17.7 Å². The van der Waals surface area contributed by atoms with Crippen molar-refractivity contribution in [3.63, 3.8) is 0 Å². The van der Waals surface area contributed by atoms with Gasteiger partial charge < -0.3 is 24.1 Å². The smallest absolute Gasteiger partial charge is 0.335 e. The predicted octanol–water partition coefficient (Wildman–Crippen LogP) is 0.889. The van der Waals surface area contributed by atoms with E-state index in [1.165, 1.54) is 21.3 Å². The lowest BCUT2D eigenvalue weighted by atomic mass is 10.1. The predicted molar refractivity (Wildman–Crippen MR) is 72.6 cm³/mol. The molecule has 1 unspecified atom stereocenters. The fourth-order valence-electron chi connectivity index (χ4n) is 1.74. The summed E-state index contributed by atoms with van der Waals surface area (Å²) in [5.41, 5.74) is 0.730. The molecule has 0 fully saturated rings. The molecule has 0 heterocycles. The minimum absolute atomic E-state index is 0.167.